The molecule has 1 radical (unpaired) electrons. The summed E-state index contributed by atoms with van der Waals surface area (Å²) in [7, 11) is 0. The van der Waals surface area contributed by atoms with Gasteiger partial charge in [0.05, 0.1) is 0 Å². The zero-order valence-electron chi connectivity index (χ0n) is 29.6. The number of amides is 4. The average molecular weight is 680 g/mol. The minimum Gasteiger partial charge on any atom is -0.480 e. The molecule has 47 heavy (non-hydrogen) atoms. The van der Waals surface area contributed by atoms with Crippen LogP contribution in [0.1, 0.15) is 168 Å². The Hall–Kier alpha value is -2.18. The number of carbonyl (C=O) groups excluding carboxylic acids is 4. The zero-order chi connectivity index (χ0) is 35.0. The topological polar surface area (TPSA) is 219 Å². The monoisotopic (exact) mass is 679 g/mol. The molecule has 0 aromatic heterocycles. The van der Waals surface area contributed by atoms with Gasteiger partial charge in [0.2, 0.25) is 23.6 Å². The fraction of sp³-hybridized carbons (Fsp3) is 0.824. The fourth-order valence-corrected chi connectivity index (χ4v) is 4.81. The van der Waals surface area contributed by atoms with Gasteiger partial charge in [-0.1, -0.05) is 117 Å². The van der Waals surface area contributed by atoms with Crippen molar-refractivity contribution in [3.05, 3.63) is 0 Å². The number of hydrogen-bond acceptors (Lipinski definition) is 6. The van der Waals surface area contributed by atoms with Gasteiger partial charge in [-0.15, -0.1) is 0 Å². The van der Waals surface area contributed by atoms with E-state index in [-0.39, 0.29) is 67.1 Å². The first-order valence-electron chi connectivity index (χ1n) is 17.5. The van der Waals surface area contributed by atoms with Gasteiger partial charge in [-0.3, -0.25) is 19.2 Å². The quantitative estimate of drug-likeness (QED) is 0.0442. The minimum atomic E-state index is -1.13. The Bertz CT molecular complexity index is 792. The van der Waals surface area contributed by atoms with Crippen LogP contribution in [0.15, 0.2) is 0 Å². The predicted molar refractivity (Wildman–Crippen MR) is 185 cm³/mol. The first-order valence-corrected chi connectivity index (χ1v) is 17.5. The molecule has 0 saturated heterocycles. The fourth-order valence-electron chi connectivity index (χ4n) is 4.81. The van der Waals surface area contributed by atoms with Crippen LogP contribution < -0.4 is 22.1 Å². The van der Waals surface area contributed by atoms with Crippen LogP contribution in [-0.2, 0) is 28.8 Å². The Morgan fingerprint density at radius 1 is 0.468 bits per heavy atom. The van der Waals surface area contributed by atoms with Gasteiger partial charge in [-0.25, -0.2) is 9.59 Å². The summed E-state index contributed by atoms with van der Waals surface area (Å²) in [4.78, 5) is 66.8. The summed E-state index contributed by atoms with van der Waals surface area (Å²) in [6.07, 6.45) is 21.6. The molecule has 0 aliphatic heterocycles. The molecule has 269 valence electrons. The molecule has 0 aromatic rings. The van der Waals surface area contributed by atoms with Gasteiger partial charge in [-0.2, -0.15) is 0 Å². The third kappa shape index (κ3) is 36.5. The van der Waals surface area contributed by atoms with E-state index in [9.17, 15) is 28.8 Å². The number of rotatable bonds is 30. The summed E-state index contributed by atoms with van der Waals surface area (Å²) < 4.78 is 0. The number of primary amides is 2. The summed E-state index contributed by atoms with van der Waals surface area (Å²) in [5.41, 5.74) is 9.98. The summed E-state index contributed by atoms with van der Waals surface area (Å²) in [5.74, 6) is -3.94. The van der Waals surface area contributed by atoms with Crippen LogP contribution in [0.3, 0.4) is 0 Å². The van der Waals surface area contributed by atoms with Crippen molar-refractivity contribution in [2.24, 2.45) is 11.5 Å². The molecule has 0 bridgehead atoms. The smallest absolute Gasteiger partial charge is 0.326 e. The molecule has 0 fully saturated rings. The largest absolute Gasteiger partial charge is 0.480 e. The summed E-state index contributed by atoms with van der Waals surface area (Å²) in [6, 6.07) is -2.07. The van der Waals surface area contributed by atoms with E-state index in [1.54, 1.807) is 0 Å². The van der Waals surface area contributed by atoms with E-state index in [1.165, 1.54) is 77.0 Å². The number of aliphatic carboxylic acids is 2. The van der Waals surface area contributed by atoms with Gasteiger partial charge in [0.15, 0.2) is 0 Å². The molecule has 2 atom stereocenters. The minimum absolute atomic E-state index is 0. The molecule has 0 spiro atoms. The number of hydrogen-bond donors (Lipinski definition) is 6. The molecule has 8 N–H and O–H groups in total. The second-order valence-corrected chi connectivity index (χ2v) is 12.1. The first-order chi connectivity index (χ1) is 21.9. The maximum absolute atomic E-state index is 11.7. The molecule has 0 saturated carbocycles. The Balaban J connectivity index is -0.000000807. The van der Waals surface area contributed by atoms with Crippen molar-refractivity contribution in [1.82, 2.24) is 10.6 Å². The summed E-state index contributed by atoms with van der Waals surface area (Å²) in [6.45, 7) is 4.40. The molecule has 0 aliphatic carbocycles. The van der Waals surface area contributed by atoms with Crippen molar-refractivity contribution >= 4 is 65.1 Å². The summed E-state index contributed by atoms with van der Waals surface area (Å²) >= 11 is 0. The predicted octanol–water partition coefficient (Wildman–Crippen LogP) is 5.10. The van der Waals surface area contributed by atoms with Crippen LogP contribution in [0.5, 0.6) is 0 Å². The molecular weight excluding hydrogens is 615 g/mol. The van der Waals surface area contributed by atoms with Crippen LogP contribution in [0.4, 0.5) is 0 Å². The summed E-state index contributed by atoms with van der Waals surface area (Å²) in [5, 5.41) is 22.9. The standard InChI is InChI=1S/2C17H32N2O4.Na/c2*1-2-3-4-5-6-7-8-9-10-11-16(21)19-14(17(22)23)12-13-15(18)20;/h2*14H,2-13H2,1H3,(H2,18,20)(H,19,21)(H,22,23);/t2*14-;/m00./s1. The third-order valence-electron chi connectivity index (χ3n) is 7.64. The molecule has 4 amide bonds. The van der Waals surface area contributed by atoms with E-state index in [1.807, 2.05) is 0 Å². The number of carboxylic acids is 2. The molecule has 0 rings (SSSR count). The van der Waals surface area contributed by atoms with E-state index in [2.05, 4.69) is 24.5 Å². The van der Waals surface area contributed by atoms with Gasteiger partial charge < -0.3 is 32.3 Å². The van der Waals surface area contributed by atoms with Crippen molar-refractivity contribution in [1.29, 1.82) is 0 Å². The van der Waals surface area contributed by atoms with Crippen molar-refractivity contribution in [3.63, 3.8) is 0 Å². The van der Waals surface area contributed by atoms with E-state index in [0.717, 1.165) is 38.5 Å². The number of carbonyl (C=O) groups is 6. The number of nitrogens with two attached hydrogens (primary N) is 2. The van der Waals surface area contributed by atoms with Crippen LogP contribution in [-0.4, -0.2) is 87.4 Å². The van der Waals surface area contributed by atoms with Crippen molar-refractivity contribution in [2.45, 2.75) is 180 Å². The van der Waals surface area contributed by atoms with E-state index in [4.69, 9.17) is 21.7 Å². The van der Waals surface area contributed by atoms with Crippen molar-refractivity contribution < 1.29 is 39.0 Å². The maximum Gasteiger partial charge on any atom is 0.326 e. The molecule has 0 heterocycles. The van der Waals surface area contributed by atoms with E-state index < -0.39 is 35.8 Å². The number of nitrogens with one attached hydrogen (secondary N) is 2. The van der Waals surface area contributed by atoms with Crippen molar-refractivity contribution in [3.8, 4) is 0 Å². The van der Waals surface area contributed by atoms with Gasteiger partial charge in [0.1, 0.15) is 12.1 Å². The normalized spacial score (nSPS) is 11.6. The molecule has 0 aromatic carbocycles. The van der Waals surface area contributed by atoms with Crippen LogP contribution in [0.2, 0.25) is 0 Å². The van der Waals surface area contributed by atoms with E-state index in [0.29, 0.717) is 12.8 Å². The second-order valence-electron chi connectivity index (χ2n) is 12.1. The Morgan fingerprint density at radius 3 is 0.957 bits per heavy atom. The Labute approximate surface area is 305 Å². The number of unbranched alkanes of at least 4 members (excludes halogenated alkanes) is 16. The molecule has 0 unspecified atom stereocenters. The van der Waals surface area contributed by atoms with Crippen molar-refractivity contribution in [2.75, 3.05) is 0 Å². The SMILES string of the molecule is CCCCCCCCCCCC(=O)N[C@@H](CCC(N)=O)C(=O)O.CCCCCCCCCCCC(=O)N[C@@H](CCC(N)=O)C(=O)O.[Na]. The number of carboxylic acid groups (broad SMARTS) is 2. The molecule has 12 nitrogen and oxygen atoms in total. The Kier molecular flexibility index (Phi) is 36.8. The van der Waals surface area contributed by atoms with E-state index >= 15 is 0 Å². The average Bonchev–Trinajstić information content (AvgIpc) is 2.99. The van der Waals surface area contributed by atoms with Gasteiger partial charge in [0, 0.05) is 55.2 Å². The van der Waals surface area contributed by atoms with Crippen LogP contribution >= 0.6 is 0 Å². The first kappa shape index (κ1) is 49.2. The molecule has 0 aliphatic rings. The van der Waals surface area contributed by atoms with Crippen LogP contribution in [0.25, 0.3) is 0 Å². The molecule has 13 heteroatoms. The Morgan fingerprint density at radius 2 is 0.723 bits per heavy atom. The van der Waals surface area contributed by atoms with Gasteiger partial charge in [0.25, 0.3) is 0 Å². The van der Waals surface area contributed by atoms with Gasteiger partial charge in [-0.05, 0) is 25.7 Å². The maximum atomic E-state index is 11.7. The van der Waals surface area contributed by atoms with Crippen LogP contribution in [0, 0.1) is 0 Å². The second kappa shape index (κ2) is 35.1. The third-order valence-corrected chi connectivity index (χ3v) is 7.64. The zero-order valence-corrected chi connectivity index (χ0v) is 31.6. The molecular formula is C34H64N4NaO8. The van der Waals surface area contributed by atoms with Gasteiger partial charge >= 0.3 is 11.9 Å².